The number of urea groups is 1. The van der Waals surface area contributed by atoms with Crippen molar-refractivity contribution in [2.75, 3.05) is 11.9 Å². The number of hydrogen-bond acceptors (Lipinski definition) is 5. The van der Waals surface area contributed by atoms with Crippen LogP contribution in [0.2, 0.25) is 5.02 Å². The number of carbonyl (C=O) groups is 2. The van der Waals surface area contributed by atoms with Gasteiger partial charge in [0.05, 0.1) is 19.1 Å². The molecule has 3 N–H and O–H groups in total. The average Bonchev–Trinajstić information content (AvgIpc) is 2.79. The topological polar surface area (TPSA) is 110 Å². The number of esters is 1. The molecule has 3 rings (SSSR count). The number of halogens is 1. The number of benzene rings is 2. The van der Waals surface area contributed by atoms with Gasteiger partial charge in [-0.1, -0.05) is 35.9 Å². The predicted molar refractivity (Wildman–Crippen MR) is 131 cm³/mol. The lowest BCUT2D eigenvalue weighted by Gasteiger charge is -2.21. The van der Waals surface area contributed by atoms with E-state index >= 15 is 0 Å². The van der Waals surface area contributed by atoms with Gasteiger partial charge in [-0.25, -0.2) is 4.79 Å². The second-order valence-electron chi connectivity index (χ2n) is 7.74. The van der Waals surface area contributed by atoms with Crippen molar-refractivity contribution in [1.82, 2.24) is 9.88 Å². The van der Waals surface area contributed by atoms with Gasteiger partial charge in [-0.3, -0.25) is 9.59 Å². The fraction of sp³-hybridized carbons (Fsp3) is 0.240. The minimum absolute atomic E-state index is 0.127. The molecule has 1 heterocycles. The second-order valence-corrected chi connectivity index (χ2v) is 8.17. The number of aromatic nitrogens is 1. The van der Waals surface area contributed by atoms with Crippen LogP contribution in [-0.4, -0.2) is 28.3 Å². The van der Waals surface area contributed by atoms with Gasteiger partial charge in [0.2, 0.25) is 0 Å². The van der Waals surface area contributed by atoms with Crippen molar-refractivity contribution in [3.05, 3.63) is 81.2 Å². The number of pyridine rings is 1. The number of rotatable bonds is 7. The first-order chi connectivity index (χ1) is 16.2. The monoisotopic (exact) mass is 483 g/mol. The molecule has 34 heavy (non-hydrogen) atoms. The maximum Gasteiger partial charge on any atom is 0.319 e. The molecular formula is C25H26ClN3O5. The number of carbonyl (C=O) groups excluding carboxylic acids is 2. The molecule has 0 unspecified atom stereocenters. The molecule has 0 saturated carbocycles. The molecule has 9 heteroatoms. The van der Waals surface area contributed by atoms with Crippen molar-refractivity contribution >= 4 is 29.3 Å². The zero-order valence-electron chi connectivity index (χ0n) is 19.1. The van der Waals surface area contributed by atoms with Crippen LogP contribution >= 0.6 is 11.6 Å². The average molecular weight is 484 g/mol. The lowest BCUT2D eigenvalue weighted by molar-refractivity contribution is -0.143. The number of aromatic hydroxyl groups is 1. The molecule has 0 aliphatic heterocycles. The number of ether oxygens (including phenoxy) is 1. The summed E-state index contributed by atoms with van der Waals surface area (Å²) in [5.41, 5.74) is 2.60. The molecule has 0 saturated heterocycles. The van der Waals surface area contributed by atoms with Gasteiger partial charge in [-0.2, -0.15) is 0 Å². The first-order valence-corrected chi connectivity index (χ1v) is 11.1. The third-order valence-corrected chi connectivity index (χ3v) is 5.50. The molecule has 178 valence electrons. The van der Waals surface area contributed by atoms with Crippen LogP contribution in [0.1, 0.15) is 30.5 Å². The standard InChI is InChI=1S/C25H26ClN3O5/c1-4-34-22(31)14-20(27-25(33)28-23-21(30)10-11-29(3)24(23)32)17-9-8-15(2)19(13-17)16-6-5-7-18(26)12-16/h5-13,20,30H,4,14H2,1-3H3,(H2,27,28,33)/t20-/m0/s1. The van der Waals surface area contributed by atoms with E-state index in [9.17, 15) is 19.5 Å². The number of amides is 2. The molecule has 1 atom stereocenters. The minimum atomic E-state index is -0.757. The zero-order valence-corrected chi connectivity index (χ0v) is 19.8. The number of hydrogen-bond donors (Lipinski definition) is 3. The Hall–Kier alpha value is -3.78. The molecule has 0 aliphatic carbocycles. The highest BCUT2D eigenvalue weighted by Crippen LogP contribution is 2.30. The summed E-state index contributed by atoms with van der Waals surface area (Å²) in [7, 11) is 1.50. The van der Waals surface area contributed by atoms with Crippen molar-refractivity contribution in [2.24, 2.45) is 7.05 Å². The molecule has 2 aromatic carbocycles. The Labute approximate surface area is 202 Å². The largest absolute Gasteiger partial charge is 0.505 e. The molecule has 8 nitrogen and oxygen atoms in total. The van der Waals surface area contributed by atoms with Gasteiger partial charge >= 0.3 is 12.0 Å². The predicted octanol–water partition coefficient (Wildman–Crippen LogP) is 4.54. The lowest BCUT2D eigenvalue weighted by Crippen LogP contribution is -2.36. The van der Waals surface area contributed by atoms with E-state index in [0.29, 0.717) is 10.6 Å². The van der Waals surface area contributed by atoms with Crippen LogP contribution < -0.4 is 16.2 Å². The van der Waals surface area contributed by atoms with E-state index in [2.05, 4.69) is 10.6 Å². The van der Waals surface area contributed by atoms with E-state index in [1.165, 1.54) is 23.9 Å². The van der Waals surface area contributed by atoms with Crippen LogP contribution in [0.15, 0.2) is 59.5 Å². The number of nitrogens with one attached hydrogen (secondary N) is 2. The third kappa shape index (κ3) is 5.96. The highest BCUT2D eigenvalue weighted by molar-refractivity contribution is 6.30. The van der Waals surface area contributed by atoms with Gasteiger partial charge < -0.3 is 25.0 Å². The molecule has 1 aromatic heterocycles. The van der Waals surface area contributed by atoms with Crippen LogP contribution in [0.3, 0.4) is 0 Å². The Bertz CT molecular complexity index is 1270. The van der Waals surface area contributed by atoms with E-state index in [0.717, 1.165) is 16.7 Å². The molecule has 3 aromatic rings. The summed E-state index contributed by atoms with van der Waals surface area (Å²) in [6.07, 6.45) is 1.26. The van der Waals surface area contributed by atoms with Crippen LogP contribution in [0, 0.1) is 6.92 Å². The highest BCUT2D eigenvalue weighted by Gasteiger charge is 2.22. The molecule has 0 fully saturated rings. The first kappa shape index (κ1) is 24.9. The van der Waals surface area contributed by atoms with Crippen molar-refractivity contribution in [1.29, 1.82) is 0 Å². The second kappa shape index (κ2) is 10.9. The molecule has 2 amide bonds. The van der Waals surface area contributed by atoms with Crippen LogP contribution in [0.25, 0.3) is 11.1 Å². The fourth-order valence-electron chi connectivity index (χ4n) is 3.51. The van der Waals surface area contributed by atoms with Crippen LogP contribution in [-0.2, 0) is 16.6 Å². The van der Waals surface area contributed by atoms with Gasteiger partial charge in [-0.05, 0) is 60.4 Å². The van der Waals surface area contributed by atoms with Crippen molar-refractivity contribution in [2.45, 2.75) is 26.3 Å². The van der Waals surface area contributed by atoms with E-state index in [1.807, 2.05) is 43.3 Å². The molecular weight excluding hydrogens is 458 g/mol. The van der Waals surface area contributed by atoms with E-state index in [4.69, 9.17) is 16.3 Å². The SMILES string of the molecule is CCOC(=O)C[C@H](NC(=O)Nc1c(O)ccn(C)c1=O)c1ccc(C)c(-c2cccc(Cl)c2)c1. The number of anilines is 1. The Balaban J connectivity index is 1.93. The Morgan fingerprint density at radius 2 is 1.94 bits per heavy atom. The van der Waals surface area contributed by atoms with Gasteiger partial charge in [0.25, 0.3) is 5.56 Å². The fourth-order valence-corrected chi connectivity index (χ4v) is 3.70. The quantitative estimate of drug-likeness (QED) is 0.427. The van der Waals surface area contributed by atoms with Gasteiger partial charge in [0, 0.05) is 18.3 Å². The minimum Gasteiger partial charge on any atom is -0.505 e. The summed E-state index contributed by atoms with van der Waals surface area (Å²) in [4.78, 5) is 37.3. The Morgan fingerprint density at radius 3 is 2.65 bits per heavy atom. The molecule has 0 radical (unpaired) electrons. The summed E-state index contributed by atoms with van der Waals surface area (Å²) < 4.78 is 6.31. The highest BCUT2D eigenvalue weighted by atomic mass is 35.5. The normalized spacial score (nSPS) is 11.5. The summed E-state index contributed by atoms with van der Waals surface area (Å²) >= 11 is 6.16. The first-order valence-electron chi connectivity index (χ1n) is 10.7. The third-order valence-electron chi connectivity index (χ3n) is 5.27. The van der Waals surface area contributed by atoms with E-state index in [1.54, 1.807) is 13.0 Å². The smallest absolute Gasteiger partial charge is 0.319 e. The Kier molecular flexibility index (Phi) is 7.96. The number of nitrogens with zero attached hydrogens (tertiary/aromatic N) is 1. The molecule has 0 bridgehead atoms. The lowest BCUT2D eigenvalue weighted by atomic mass is 9.94. The van der Waals surface area contributed by atoms with Crippen molar-refractivity contribution < 1.29 is 19.4 Å². The van der Waals surface area contributed by atoms with Crippen molar-refractivity contribution in [3.8, 4) is 16.9 Å². The summed E-state index contributed by atoms with van der Waals surface area (Å²) in [6.45, 7) is 3.85. The summed E-state index contributed by atoms with van der Waals surface area (Å²) in [6, 6.07) is 12.8. The molecule has 0 spiro atoms. The van der Waals surface area contributed by atoms with Crippen molar-refractivity contribution in [3.63, 3.8) is 0 Å². The summed E-state index contributed by atoms with van der Waals surface area (Å²) in [5.74, 6) is -0.852. The van der Waals surface area contributed by atoms with Gasteiger partial charge in [0.1, 0.15) is 5.75 Å². The number of aryl methyl sites for hydroxylation is 2. The van der Waals surface area contributed by atoms with E-state index in [-0.39, 0.29) is 24.5 Å². The van der Waals surface area contributed by atoms with Crippen LogP contribution in [0.4, 0.5) is 10.5 Å². The van der Waals surface area contributed by atoms with E-state index < -0.39 is 23.6 Å². The summed E-state index contributed by atoms with van der Waals surface area (Å²) in [5, 5.41) is 15.7. The van der Waals surface area contributed by atoms with Gasteiger partial charge in [-0.15, -0.1) is 0 Å². The maximum absolute atomic E-state index is 12.8. The Morgan fingerprint density at radius 1 is 1.18 bits per heavy atom. The zero-order chi connectivity index (χ0) is 24.8. The molecule has 0 aliphatic rings. The maximum atomic E-state index is 12.8. The van der Waals surface area contributed by atoms with Crippen LogP contribution in [0.5, 0.6) is 5.75 Å². The van der Waals surface area contributed by atoms with Gasteiger partial charge in [0.15, 0.2) is 5.69 Å².